The van der Waals surface area contributed by atoms with Gasteiger partial charge in [0.15, 0.2) is 0 Å². The van der Waals surface area contributed by atoms with E-state index in [-0.39, 0.29) is 5.91 Å². The number of carbonyl (C=O) groups is 1. The first-order chi connectivity index (χ1) is 11.7. The minimum absolute atomic E-state index is 0.105. The standard InChI is InChI=1S/C19H22ClN3O/c1-21-19(24)15-7-8-17(20)18(11-15)22-16-9-10-23(13-16)12-14-5-3-2-4-6-14/h2-8,11,16,22H,9-10,12-13H2,1H3,(H,21,24). The highest BCUT2D eigenvalue weighted by Crippen LogP contribution is 2.26. The molecule has 24 heavy (non-hydrogen) atoms. The molecule has 1 unspecified atom stereocenters. The fraction of sp³-hybridized carbons (Fsp3) is 0.316. The molecule has 5 heteroatoms. The minimum atomic E-state index is -0.105. The molecular weight excluding hydrogens is 322 g/mol. The predicted octanol–water partition coefficient (Wildman–Crippen LogP) is 3.39. The largest absolute Gasteiger partial charge is 0.380 e. The molecule has 1 saturated heterocycles. The molecule has 1 aliphatic rings. The number of amides is 1. The van der Waals surface area contributed by atoms with E-state index in [1.807, 2.05) is 12.1 Å². The molecule has 2 aromatic rings. The summed E-state index contributed by atoms with van der Waals surface area (Å²) in [6.45, 7) is 2.99. The molecule has 2 aromatic carbocycles. The first kappa shape index (κ1) is 16.8. The number of carbonyl (C=O) groups excluding carboxylic acids is 1. The van der Waals surface area contributed by atoms with Gasteiger partial charge in [0.05, 0.1) is 10.7 Å². The van der Waals surface area contributed by atoms with Gasteiger partial charge in [-0.15, -0.1) is 0 Å². The molecule has 0 radical (unpaired) electrons. The lowest BCUT2D eigenvalue weighted by Crippen LogP contribution is -2.26. The number of likely N-dealkylation sites (tertiary alicyclic amines) is 1. The third kappa shape index (κ3) is 4.08. The van der Waals surface area contributed by atoms with Crippen molar-refractivity contribution in [3.63, 3.8) is 0 Å². The zero-order chi connectivity index (χ0) is 16.9. The van der Waals surface area contributed by atoms with Crippen LogP contribution in [0.15, 0.2) is 48.5 Å². The van der Waals surface area contributed by atoms with Gasteiger partial charge >= 0.3 is 0 Å². The Hall–Kier alpha value is -2.04. The first-order valence-corrected chi connectivity index (χ1v) is 8.58. The molecule has 0 bridgehead atoms. The summed E-state index contributed by atoms with van der Waals surface area (Å²) in [6.07, 6.45) is 1.06. The lowest BCUT2D eigenvalue weighted by molar-refractivity contribution is 0.0963. The van der Waals surface area contributed by atoms with Gasteiger partial charge in [-0.3, -0.25) is 9.69 Å². The molecule has 1 aliphatic heterocycles. The number of rotatable bonds is 5. The van der Waals surface area contributed by atoms with Gasteiger partial charge in [-0.1, -0.05) is 41.9 Å². The van der Waals surface area contributed by atoms with Gasteiger partial charge in [-0.05, 0) is 30.2 Å². The van der Waals surface area contributed by atoms with Crippen molar-refractivity contribution in [2.45, 2.75) is 19.0 Å². The normalized spacial score (nSPS) is 17.7. The maximum absolute atomic E-state index is 11.8. The number of nitrogens with zero attached hydrogens (tertiary/aromatic N) is 1. The van der Waals surface area contributed by atoms with Gasteiger partial charge in [-0.2, -0.15) is 0 Å². The van der Waals surface area contributed by atoms with Crippen molar-refractivity contribution in [3.05, 3.63) is 64.7 Å². The fourth-order valence-electron chi connectivity index (χ4n) is 3.08. The Labute approximate surface area is 147 Å². The Morgan fingerprint density at radius 3 is 2.79 bits per heavy atom. The smallest absolute Gasteiger partial charge is 0.251 e. The molecule has 1 atom stereocenters. The number of hydrogen-bond acceptors (Lipinski definition) is 3. The monoisotopic (exact) mass is 343 g/mol. The Kier molecular flexibility index (Phi) is 5.38. The van der Waals surface area contributed by atoms with E-state index in [2.05, 4.69) is 39.8 Å². The molecule has 1 heterocycles. The summed E-state index contributed by atoms with van der Waals surface area (Å²) in [4.78, 5) is 14.2. The summed E-state index contributed by atoms with van der Waals surface area (Å²) >= 11 is 6.28. The van der Waals surface area contributed by atoms with E-state index in [9.17, 15) is 4.79 Å². The molecule has 1 amide bonds. The fourth-order valence-corrected chi connectivity index (χ4v) is 3.25. The maximum atomic E-state index is 11.8. The van der Waals surface area contributed by atoms with E-state index < -0.39 is 0 Å². The van der Waals surface area contributed by atoms with Gasteiger partial charge in [0.1, 0.15) is 0 Å². The average molecular weight is 344 g/mol. The lowest BCUT2D eigenvalue weighted by Gasteiger charge is -2.18. The number of anilines is 1. The average Bonchev–Trinajstić information content (AvgIpc) is 3.04. The second kappa shape index (κ2) is 7.69. The van der Waals surface area contributed by atoms with Crippen LogP contribution in [-0.4, -0.2) is 37.0 Å². The van der Waals surface area contributed by atoms with Crippen molar-refractivity contribution in [2.75, 3.05) is 25.5 Å². The van der Waals surface area contributed by atoms with E-state index >= 15 is 0 Å². The van der Waals surface area contributed by atoms with Crippen molar-refractivity contribution < 1.29 is 4.79 Å². The van der Waals surface area contributed by atoms with Crippen molar-refractivity contribution in [1.82, 2.24) is 10.2 Å². The Morgan fingerprint density at radius 2 is 2.04 bits per heavy atom. The van der Waals surface area contributed by atoms with Gasteiger partial charge in [-0.25, -0.2) is 0 Å². The van der Waals surface area contributed by atoms with Gasteiger partial charge in [0, 0.05) is 38.3 Å². The van der Waals surface area contributed by atoms with Crippen LogP contribution < -0.4 is 10.6 Å². The quantitative estimate of drug-likeness (QED) is 0.874. The van der Waals surface area contributed by atoms with Crippen LogP contribution in [0, 0.1) is 0 Å². The summed E-state index contributed by atoms with van der Waals surface area (Å²) in [5.74, 6) is -0.105. The van der Waals surface area contributed by atoms with E-state index in [1.54, 1.807) is 19.2 Å². The van der Waals surface area contributed by atoms with Crippen molar-refractivity contribution in [3.8, 4) is 0 Å². The molecule has 1 fully saturated rings. The topological polar surface area (TPSA) is 44.4 Å². The van der Waals surface area contributed by atoms with Crippen molar-refractivity contribution in [1.29, 1.82) is 0 Å². The summed E-state index contributed by atoms with van der Waals surface area (Å²) in [5, 5.41) is 6.77. The van der Waals surface area contributed by atoms with E-state index in [0.29, 0.717) is 16.6 Å². The highest BCUT2D eigenvalue weighted by molar-refractivity contribution is 6.33. The van der Waals surface area contributed by atoms with Crippen molar-refractivity contribution >= 4 is 23.2 Å². The molecule has 3 rings (SSSR count). The van der Waals surface area contributed by atoms with Gasteiger partial charge in [0.25, 0.3) is 5.91 Å². The Balaban J connectivity index is 1.62. The number of hydrogen-bond donors (Lipinski definition) is 2. The number of halogens is 1. The lowest BCUT2D eigenvalue weighted by atomic mass is 10.1. The zero-order valence-corrected chi connectivity index (χ0v) is 14.5. The second-order valence-corrected chi connectivity index (χ2v) is 6.53. The molecular formula is C19H22ClN3O. The zero-order valence-electron chi connectivity index (χ0n) is 13.8. The Bertz CT molecular complexity index is 705. The van der Waals surface area contributed by atoms with E-state index in [4.69, 9.17) is 11.6 Å². The van der Waals surface area contributed by atoms with E-state index in [1.165, 1.54) is 5.56 Å². The van der Waals surface area contributed by atoms with Crippen LogP contribution in [0.4, 0.5) is 5.69 Å². The molecule has 0 saturated carbocycles. The summed E-state index contributed by atoms with van der Waals surface area (Å²) in [5.41, 5.74) is 2.77. The van der Waals surface area contributed by atoms with Gasteiger partial charge in [0.2, 0.25) is 0 Å². The maximum Gasteiger partial charge on any atom is 0.251 e. The number of benzene rings is 2. The minimum Gasteiger partial charge on any atom is -0.380 e. The number of nitrogens with one attached hydrogen (secondary N) is 2. The van der Waals surface area contributed by atoms with Crippen LogP contribution in [0.25, 0.3) is 0 Å². The molecule has 0 aromatic heterocycles. The van der Waals surface area contributed by atoms with Crippen LogP contribution in [-0.2, 0) is 6.54 Å². The first-order valence-electron chi connectivity index (χ1n) is 8.20. The second-order valence-electron chi connectivity index (χ2n) is 6.12. The molecule has 0 aliphatic carbocycles. The van der Waals surface area contributed by atoms with Crippen LogP contribution in [0.3, 0.4) is 0 Å². The summed E-state index contributed by atoms with van der Waals surface area (Å²) in [6, 6.07) is 16.2. The van der Waals surface area contributed by atoms with Crippen LogP contribution >= 0.6 is 11.6 Å². The summed E-state index contributed by atoms with van der Waals surface area (Å²) in [7, 11) is 1.63. The third-order valence-electron chi connectivity index (χ3n) is 4.34. The van der Waals surface area contributed by atoms with Crippen molar-refractivity contribution in [2.24, 2.45) is 0 Å². The molecule has 2 N–H and O–H groups in total. The molecule has 4 nitrogen and oxygen atoms in total. The van der Waals surface area contributed by atoms with Gasteiger partial charge < -0.3 is 10.6 Å². The van der Waals surface area contributed by atoms with Crippen LogP contribution in [0.5, 0.6) is 0 Å². The SMILES string of the molecule is CNC(=O)c1ccc(Cl)c(NC2CCN(Cc3ccccc3)C2)c1. The predicted molar refractivity (Wildman–Crippen MR) is 98.6 cm³/mol. The van der Waals surface area contributed by atoms with Crippen LogP contribution in [0.2, 0.25) is 5.02 Å². The van der Waals surface area contributed by atoms with E-state index in [0.717, 1.165) is 31.7 Å². The molecule has 126 valence electrons. The van der Waals surface area contributed by atoms with Crippen LogP contribution in [0.1, 0.15) is 22.3 Å². The highest BCUT2D eigenvalue weighted by atomic mass is 35.5. The third-order valence-corrected chi connectivity index (χ3v) is 4.67. The Morgan fingerprint density at radius 1 is 1.25 bits per heavy atom. The highest BCUT2D eigenvalue weighted by Gasteiger charge is 2.23. The molecule has 0 spiro atoms. The summed E-state index contributed by atoms with van der Waals surface area (Å²) < 4.78 is 0.